The lowest BCUT2D eigenvalue weighted by Crippen LogP contribution is -2.06. The van der Waals surface area contributed by atoms with Gasteiger partial charge in [0.25, 0.3) is 0 Å². The summed E-state index contributed by atoms with van der Waals surface area (Å²) in [6.45, 7) is 5.19. The highest BCUT2D eigenvalue weighted by atomic mass is 35.5. The fourth-order valence-electron chi connectivity index (χ4n) is 2.97. The molecule has 0 bridgehead atoms. The normalized spacial score (nSPS) is 10.5. The second kappa shape index (κ2) is 11.4. The van der Waals surface area contributed by atoms with E-state index in [-0.39, 0.29) is 18.4 Å². The van der Waals surface area contributed by atoms with Gasteiger partial charge < -0.3 is 19.5 Å². The average Bonchev–Trinajstić information content (AvgIpc) is 2.80. The van der Waals surface area contributed by atoms with Crippen molar-refractivity contribution in [3.8, 4) is 11.5 Å². The lowest BCUT2D eigenvalue weighted by atomic mass is 10.1. The molecule has 0 saturated carbocycles. The molecule has 0 aliphatic carbocycles. The van der Waals surface area contributed by atoms with Crippen molar-refractivity contribution in [3.63, 3.8) is 0 Å². The largest absolute Gasteiger partial charge is 0.490 e. The molecule has 0 radical (unpaired) electrons. The molecule has 7 heteroatoms. The van der Waals surface area contributed by atoms with Crippen molar-refractivity contribution in [1.82, 2.24) is 0 Å². The van der Waals surface area contributed by atoms with Gasteiger partial charge in [-0.25, -0.2) is 9.18 Å². The highest BCUT2D eigenvalue weighted by Crippen LogP contribution is 2.34. The summed E-state index contributed by atoms with van der Waals surface area (Å²) in [7, 11) is 0. The van der Waals surface area contributed by atoms with Gasteiger partial charge in [-0.3, -0.25) is 0 Å². The first kappa shape index (κ1) is 23.4. The summed E-state index contributed by atoms with van der Waals surface area (Å²) in [6.07, 6.45) is 0. The van der Waals surface area contributed by atoms with E-state index in [9.17, 15) is 9.18 Å². The monoisotopic (exact) mass is 457 g/mol. The molecule has 0 spiro atoms. The van der Waals surface area contributed by atoms with Crippen LogP contribution in [0.5, 0.6) is 11.5 Å². The van der Waals surface area contributed by atoms with Gasteiger partial charge >= 0.3 is 5.97 Å². The standard InChI is InChI=1S/C25H25ClFNO4/c1-3-30-23-13-19(15-28-21-11-7-18(8-12-21)25(29)31-4-2)22(26)14-24(23)32-16-17-5-9-20(27)10-6-17/h5-14,28H,3-4,15-16H2,1-2H3. The zero-order valence-corrected chi connectivity index (χ0v) is 18.7. The van der Waals surface area contributed by atoms with Crippen LogP contribution in [0.1, 0.15) is 35.3 Å². The van der Waals surface area contributed by atoms with Crippen LogP contribution in [-0.4, -0.2) is 19.2 Å². The van der Waals surface area contributed by atoms with E-state index in [1.807, 2.05) is 25.1 Å². The zero-order chi connectivity index (χ0) is 22.9. The SMILES string of the molecule is CCOC(=O)c1ccc(NCc2cc(OCC)c(OCc3ccc(F)cc3)cc2Cl)cc1. The van der Waals surface area contributed by atoms with E-state index < -0.39 is 0 Å². The maximum atomic E-state index is 13.1. The van der Waals surface area contributed by atoms with E-state index in [4.69, 9.17) is 25.8 Å². The van der Waals surface area contributed by atoms with E-state index in [1.165, 1.54) is 12.1 Å². The highest BCUT2D eigenvalue weighted by molar-refractivity contribution is 6.31. The lowest BCUT2D eigenvalue weighted by molar-refractivity contribution is 0.0526. The van der Waals surface area contributed by atoms with E-state index >= 15 is 0 Å². The Kier molecular flexibility index (Phi) is 8.34. The molecule has 0 unspecified atom stereocenters. The third kappa shape index (κ3) is 6.37. The van der Waals surface area contributed by atoms with Gasteiger partial charge in [-0.15, -0.1) is 0 Å². The van der Waals surface area contributed by atoms with E-state index in [2.05, 4.69) is 5.32 Å². The Morgan fingerprint density at radius 1 is 0.938 bits per heavy atom. The van der Waals surface area contributed by atoms with Crippen molar-refractivity contribution in [2.24, 2.45) is 0 Å². The number of rotatable bonds is 10. The summed E-state index contributed by atoms with van der Waals surface area (Å²) < 4.78 is 29.7. The minimum absolute atomic E-state index is 0.265. The van der Waals surface area contributed by atoms with Gasteiger partial charge in [0.1, 0.15) is 12.4 Å². The van der Waals surface area contributed by atoms with Crippen LogP contribution in [0.2, 0.25) is 5.02 Å². The minimum atomic E-state index is -0.348. The maximum absolute atomic E-state index is 13.1. The Hall–Kier alpha value is -3.25. The molecule has 3 aromatic carbocycles. The van der Waals surface area contributed by atoms with Crippen molar-refractivity contribution in [1.29, 1.82) is 0 Å². The molecular formula is C25H25ClFNO4. The fourth-order valence-corrected chi connectivity index (χ4v) is 3.19. The molecule has 0 atom stereocenters. The third-order valence-corrected chi connectivity index (χ3v) is 4.95. The number of esters is 1. The van der Waals surface area contributed by atoms with Gasteiger partial charge in [-0.2, -0.15) is 0 Å². The Bertz CT molecular complexity index is 1040. The highest BCUT2D eigenvalue weighted by Gasteiger charge is 2.12. The van der Waals surface area contributed by atoms with Crippen LogP contribution < -0.4 is 14.8 Å². The number of hydrogen-bond acceptors (Lipinski definition) is 5. The molecule has 0 aliphatic rings. The molecular weight excluding hydrogens is 433 g/mol. The summed E-state index contributed by atoms with van der Waals surface area (Å²) in [4.78, 5) is 11.8. The van der Waals surface area contributed by atoms with Crippen molar-refractivity contribution in [2.75, 3.05) is 18.5 Å². The molecule has 32 heavy (non-hydrogen) atoms. The topological polar surface area (TPSA) is 56.8 Å². The number of carbonyl (C=O) groups excluding carboxylic acids is 1. The van der Waals surface area contributed by atoms with Crippen LogP contribution in [-0.2, 0) is 17.9 Å². The molecule has 0 aliphatic heterocycles. The maximum Gasteiger partial charge on any atom is 0.338 e. The minimum Gasteiger partial charge on any atom is -0.490 e. The van der Waals surface area contributed by atoms with Gasteiger partial charge in [-0.05, 0) is 67.4 Å². The number of nitrogens with one attached hydrogen (secondary N) is 1. The Morgan fingerprint density at radius 3 is 2.28 bits per heavy atom. The number of halogens is 2. The summed E-state index contributed by atoms with van der Waals surface area (Å²) in [5.41, 5.74) is 3.00. The smallest absolute Gasteiger partial charge is 0.338 e. The molecule has 3 aromatic rings. The molecule has 0 aromatic heterocycles. The zero-order valence-electron chi connectivity index (χ0n) is 18.0. The predicted molar refractivity (Wildman–Crippen MR) is 123 cm³/mol. The number of anilines is 1. The molecule has 0 amide bonds. The van der Waals surface area contributed by atoms with Crippen LogP contribution in [0.15, 0.2) is 60.7 Å². The van der Waals surface area contributed by atoms with Crippen molar-refractivity contribution >= 4 is 23.3 Å². The second-order valence-electron chi connectivity index (χ2n) is 6.89. The summed E-state index contributed by atoms with van der Waals surface area (Å²) in [5, 5.41) is 3.81. The van der Waals surface area contributed by atoms with Crippen LogP contribution in [0.4, 0.5) is 10.1 Å². The molecule has 168 valence electrons. The second-order valence-corrected chi connectivity index (χ2v) is 7.30. The Balaban J connectivity index is 1.68. The first-order valence-corrected chi connectivity index (χ1v) is 10.7. The first-order chi connectivity index (χ1) is 15.5. The van der Waals surface area contributed by atoms with Crippen LogP contribution in [0.25, 0.3) is 0 Å². The number of carbonyl (C=O) groups is 1. The number of ether oxygens (including phenoxy) is 3. The van der Waals surface area contributed by atoms with E-state index in [1.54, 1.807) is 37.3 Å². The average molecular weight is 458 g/mol. The van der Waals surface area contributed by atoms with Crippen molar-refractivity contribution in [2.45, 2.75) is 27.0 Å². The lowest BCUT2D eigenvalue weighted by Gasteiger charge is -2.16. The first-order valence-electron chi connectivity index (χ1n) is 10.3. The van der Waals surface area contributed by atoms with Crippen LogP contribution in [0.3, 0.4) is 0 Å². The van der Waals surface area contributed by atoms with E-state index in [0.29, 0.717) is 41.8 Å². The molecule has 0 heterocycles. The van der Waals surface area contributed by atoms with Crippen LogP contribution in [0, 0.1) is 5.82 Å². The van der Waals surface area contributed by atoms with Gasteiger partial charge in [0.2, 0.25) is 0 Å². The Labute approximate surface area is 192 Å². The van der Waals surface area contributed by atoms with Gasteiger partial charge in [-0.1, -0.05) is 23.7 Å². The van der Waals surface area contributed by atoms with Gasteiger partial charge in [0.15, 0.2) is 11.5 Å². The molecule has 0 saturated heterocycles. The summed E-state index contributed by atoms with van der Waals surface area (Å²) in [5.74, 6) is 0.455. The molecule has 3 rings (SSSR count). The quantitative estimate of drug-likeness (QED) is 0.365. The third-order valence-electron chi connectivity index (χ3n) is 4.60. The van der Waals surface area contributed by atoms with E-state index in [0.717, 1.165) is 16.8 Å². The fraction of sp³-hybridized carbons (Fsp3) is 0.240. The predicted octanol–water partition coefficient (Wildman–Crippen LogP) is 6.25. The van der Waals surface area contributed by atoms with Crippen molar-refractivity contribution < 1.29 is 23.4 Å². The van der Waals surface area contributed by atoms with Gasteiger partial charge in [0.05, 0.1) is 18.8 Å². The summed E-state index contributed by atoms with van der Waals surface area (Å²) >= 11 is 6.49. The van der Waals surface area contributed by atoms with Crippen molar-refractivity contribution in [3.05, 3.63) is 88.2 Å². The number of benzene rings is 3. The Morgan fingerprint density at radius 2 is 1.62 bits per heavy atom. The molecule has 5 nitrogen and oxygen atoms in total. The van der Waals surface area contributed by atoms with Gasteiger partial charge in [0, 0.05) is 23.3 Å². The van der Waals surface area contributed by atoms with Crippen LogP contribution >= 0.6 is 11.6 Å². The molecule has 0 fully saturated rings. The number of hydrogen-bond donors (Lipinski definition) is 1. The molecule has 1 N–H and O–H groups in total. The summed E-state index contributed by atoms with van der Waals surface area (Å²) in [6, 6.07) is 16.7.